The first-order valence-corrected chi connectivity index (χ1v) is 9.87. The number of hydrogen-bond acceptors (Lipinski definition) is 4. The lowest BCUT2D eigenvalue weighted by molar-refractivity contribution is 0.0952. The summed E-state index contributed by atoms with van der Waals surface area (Å²) < 4.78 is 28.3. The van der Waals surface area contributed by atoms with Crippen LogP contribution in [0.3, 0.4) is 0 Å². The summed E-state index contributed by atoms with van der Waals surface area (Å²) in [5.74, 6) is -0.323. The smallest absolute Gasteiger partial charge is 0.261 e. The first kappa shape index (κ1) is 22.4. The van der Waals surface area contributed by atoms with Gasteiger partial charge in [-0.25, -0.2) is 8.42 Å². The fraction of sp³-hybridized carbons (Fsp3) is 0.235. The molecule has 0 atom stereocenters. The van der Waals surface area contributed by atoms with E-state index in [1.807, 2.05) is 19.0 Å². The van der Waals surface area contributed by atoms with Gasteiger partial charge in [0.05, 0.1) is 16.1 Å². The highest BCUT2D eigenvalue weighted by molar-refractivity contribution is 9.10. The maximum absolute atomic E-state index is 12.5. The minimum atomic E-state index is -3.78. The Morgan fingerprint density at radius 2 is 1.69 bits per heavy atom. The van der Waals surface area contributed by atoms with E-state index in [2.05, 4.69) is 26.0 Å². The fourth-order valence-electron chi connectivity index (χ4n) is 2.08. The number of para-hydroxylation sites is 1. The zero-order chi connectivity index (χ0) is 18.4. The molecule has 9 heteroatoms. The van der Waals surface area contributed by atoms with Gasteiger partial charge in [-0.05, 0) is 50.5 Å². The van der Waals surface area contributed by atoms with Gasteiger partial charge in [0, 0.05) is 17.6 Å². The molecular weight excluding hydrogens is 442 g/mol. The minimum Gasteiger partial charge on any atom is -0.351 e. The molecule has 0 saturated carbocycles. The zero-order valence-electron chi connectivity index (χ0n) is 14.4. The van der Waals surface area contributed by atoms with Crippen molar-refractivity contribution in [2.45, 2.75) is 4.90 Å². The van der Waals surface area contributed by atoms with Gasteiger partial charge in [-0.15, -0.1) is 12.4 Å². The number of carbonyl (C=O) groups is 1. The summed E-state index contributed by atoms with van der Waals surface area (Å²) >= 11 is 3.27. The van der Waals surface area contributed by atoms with Crippen molar-refractivity contribution in [3.8, 4) is 0 Å². The van der Waals surface area contributed by atoms with E-state index in [-0.39, 0.29) is 34.5 Å². The number of amides is 1. The molecule has 0 aliphatic rings. The number of nitrogens with one attached hydrogen (secondary N) is 2. The van der Waals surface area contributed by atoms with Crippen LogP contribution in [-0.2, 0) is 10.0 Å². The van der Waals surface area contributed by atoms with E-state index in [1.54, 1.807) is 36.4 Å². The molecule has 0 spiro atoms. The van der Waals surface area contributed by atoms with Crippen molar-refractivity contribution in [1.82, 2.24) is 10.2 Å². The standard InChI is InChI=1S/C17H20BrN3O3S.ClH/c1-21(2)12-11-19-17(22)15-5-3-4-6-16(15)20-25(23,24)14-9-7-13(18)8-10-14;/h3-10,20H,11-12H2,1-2H3,(H,19,22);1H. The summed E-state index contributed by atoms with van der Waals surface area (Å²) in [6.07, 6.45) is 0. The number of hydrogen-bond donors (Lipinski definition) is 2. The van der Waals surface area contributed by atoms with Crippen molar-refractivity contribution in [2.75, 3.05) is 31.9 Å². The van der Waals surface area contributed by atoms with Crippen LogP contribution in [0.4, 0.5) is 5.69 Å². The van der Waals surface area contributed by atoms with Crippen LogP contribution in [-0.4, -0.2) is 46.4 Å². The number of carbonyl (C=O) groups excluding carboxylic acids is 1. The lowest BCUT2D eigenvalue weighted by Gasteiger charge is -2.14. The normalized spacial score (nSPS) is 10.9. The van der Waals surface area contributed by atoms with Crippen LogP contribution in [0, 0.1) is 0 Å². The van der Waals surface area contributed by atoms with E-state index in [0.29, 0.717) is 13.1 Å². The van der Waals surface area contributed by atoms with E-state index in [4.69, 9.17) is 0 Å². The van der Waals surface area contributed by atoms with Gasteiger partial charge < -0.3 is 10.2 Å². The molecule has 2 rings (SSSR count). The Balaban J connectivity index is 0.00000338. The first-order chi connectivity index (χ1) is 11.8. The largest absolute Gasteiger partial charge is 0.351 e. The van der Waals surface area contributed by atoms with Crippen LogP contribution in [0.25, 0.3) is 0 Å². The number of halogens is 2. The zero-order valence-corrected chi connectivity index (χ0v) is 17.6. The molecule has 0 saturated heterocycles. The lowest BCUT2D eigenvalue weighted by atomic mass is 10.1. The van der Waals surface area contributed by atoms with Crippen molar-refractivity contribution in [2.24, 2.45) is 0 Å². The number of nitrogens with zero attached hydrogens (tertiary/aromatic N) is 1. The maximum atomic E-state index is 12.5. The second-order valence-electron chi connectivity index (χ2n) is 5.66. The number of sulfonamides is 1. The predicted octanol–water partition coefficient (Wildman–Crippen LogP) is 2.96. The SMILES string of the molecule is CN(C)CCNC(=O)c1ccccc1NS(=O)(=O)c1ccc(Br)cc1.Cl. The molecule has 0 bridgehead atoms. The monoisotopic (exact) mass is 461 g/mol. The van der Waals surface area contributed by atoms with Crippen LogP contribution in [0.2, 0.25) is 0 Å². The van der Waals surface area contributed by atoms with Crippen LogP contribution in [0.5, 0.6) is 0 Å². The third kappa shape index (κ3) is 6.28. The Morgan fingerprint density at radius 1 is 1.08 bits per heavy atom. The van der Waals surface area contributed by atoms with Gasteiger partial charge in [-0.3, -0.25) is 9.52 Å². The Labute approximate surface area is 168 Å². The summed E-state index contributed by atoms with van der Waals surface area (Å²) in [4.78, 5) is 14.4. The van der Waals surface area contributed by atoms with Crippen LogP contribution >= 0.6 is 28.3 Å². The molecule has 1 amide bonds. The molecule has 6 nitrogen and oxygen atoms in total. The number of benzene rings is 2. The van der Waals surface area contributed by atoms with Crippen molar-refractivity contribution < 1.29 is 13.2 Å². The third-order valence-corrected chi connectivity index (χ3v) is 5.29. The molecule has 0 aromatic heterocycles. The van der Waals surface area contributed by atoms with E-state index in [1.165, 1.54) is 12.1 Å². The summed E-state index contributed by atoms with van der Waals surface area (Å²) in [5, 5.41) is 2.78. The summed E-state index contributed by atoms with van der Waals surface area (Å²) in [5.41, 5.74) is 0.523. The van der Waals surface area contributed by atoms with Crippen LogP contribution < -0.4 is 10.0 Å². The summed E-state index contributed by atoms with van der Waals surface area (Å²) in [7, 11) is 0.0392. The van der Waals surface area contributed by atoms with Crippen molar-refractivity contribution in [3.05, 3.63) is 58.6 Å². The molecule has 2 aromatic carbocycles. The quantitative estimate of drug-likeness (QED) is 0.663. The molecule has 0 unspecified atom stereocenters. The Kier molecular flexibility index (Phi) is 8.55. The highest BCUT2D eigenvalue weighted by atomic mass is 79.9. The Morgan fingerprint density at radius 3 is 2.31 bits per heavy atom. The molecular formula is C17H21BrClN3O3S. The average Bonchev–Trinajstić information content (AvgIpc) is 2.55. The van der Waals surface area contributed by atoms with Crippen LogP contribution in [0.1, 0.15) is 10.4 Å². The van der Waals surface area contributed by atoms with Gasteiger partial charge in [0.15, 0.2) is 0 Å². The van der Waals surface area contributed by atoms with Gasteiger partial charge in [0.2, 0.25) is 0 Å². The molecule has 0 radical (unpaired) electrons. The van der Waals surface area contributed by atoms with E-state index in [9.17, 15) is 13.2 Å². The van der Waals surface area contributed by atoms with Crippen molar-refractivity contribution in [1.29, 1.82) is 0 Å². The number of anilines is 1. The van der Waals surface area contributed by atoms with Crippen molar-refractivity contribution in [3.63, 3.8) is 0 Å². The Hall–Kier alpha value is -1.61. The summed E-state index contributed by atoms with van der Waals surface area (Å²) in [6.45, 7) is 1.16. The molecule has 2 N–H and O–H groups in total. The van der Waals surface area contributed by atoms with Gasteiger partial charge in [0.25, 0.3) is 15.9 Å². The molecule has 0 fully saturated rings. The predicted molar refractivity (Wildman–Crippen MR) is 110 cm³/mol. The highest BCUT2D eigenvalue weighted by Gasteiger charge is 2.18. The molecule has 142 valence electrons. The third-order valence-electron chi connectivity index (χ3n) is 3.38. The van der Waals surface area contributed by atoms with Gasteiger partial charge >= 0.3 is 0 Å². The molecule has 0 heterocycles. The topological polar surface area (TPSA) is 78.5 Å². The van der Waals surface area contributed by atoms with Gasteiger partial charge in [-0.1, -0.05) is 28.1 Å². The molecule has 0 aliphatic heterocycles. The second-order valence-corrected chi connectivity index (χ2v) is 8.26. The van der Waals surface area contributed by atoms with Crippen LogP contribution in [0.15, 0.2) is 57.9 Å². The van der Waals surface area contributed by atoms with E-state index >= 15 is 0 Å². The van der Waals surface area contributed by atoms with E-state index in [0.717, 1.165) is 4.47 Å². The molecule has 2 aromatic rings. The van der Waals surface area contributed by atoms with Gasteiger partial charge in [0.1, 0.15) is 0 Å². The Bertz CT molecular complexity index is 843. The molecule has 26 heavy (non-hydrogen) atoms. The highest BCUT2D eigenvalue weighted by Crippen LogP contribution is 2.21. The summed E-state index contributed by atoms with van der Waals surface area (Å²) in [6, 6.07) is 12.8. The fourth-order valence-corrected chi connectivity index (χ4v) is 3.42. The second kappa shape index (κ2) is 9.91. The first-order valence-electron chi connectivity index (χ1n) is 7.60. The maximum Gasteiger partial charge on any atom is 0.261 e. The average molecular weight is 463 g/mol. The van der Waals surface area contributed by atoms with Gasteiger partial charge in [-0.2, -0.15) is 0 Å². The van der Waals surface area contributed by atoms with Crippen molar-refractivity contribution >= 4 is 50.0 Å². The molecule has 0 aliphatic carbocycles. The lowest BCUT2D eigenvalue weighted by Crippen LogP contribution is -2.32. The minimum absolute atomic E-state index is 0. The number of likely N-dealkylation sites (N-methyl/N-ethyl adjacent to an activating group) is 1. The van der Waals surface area contributed by atoms with E-state index < -0.39 is 10.0 Å². The number of rotatable bonds is 7.